The Kier molecular flexibility index (Phi) is 5.62. The maximum atomic E-state index is 3.80. The Morgan fingerprint density at radius 2 is 2.10 bits per heavy atom. The average molecular weight is 326 g/mol. The first-order valence-electron chi connectivity index (χ1n) is 8.10. The van der Waals surface area contributed by atoms with E-state index in [2.05, 4.69) is 52.3 Å². The number of hydrogen-bond donors (Lipinski definition) is 1. The van der Waals surface area contributed by atoms with Crippen molar-refractivity contribution in [2.75, 3.05) is 46.3 Å². The van der Waals surface area contributed by atoms with Gasteiger partial charge in [-0.25, -0.2) is 0 Å². The molecule has 3 heterocycles. The van der Waals surface area contributed by atoms with Crippen molar-refractivity contribution in [3.05, 3.63) is 17.0 Å². The summed E-state index contributed by atoms with van der Waals surface area (Å²) in [7, 11) is 2.22. The van der Waals surface area contributed by atoms with Gasteiger partial charge in [0.1, 0.15) is 0 Å². The highest BCUT2D eigenvalue weighted by Crippen LogP contribution is 2.43. The molecule has 0 amide bonds. The van der Waals surface area contributed by atoms with E-state index in [1.54, 1.807) is 5.56 Å². The Labute approximate surface area is 137 Å². The highest BCUT2D eigenvalue weighted by Gasteiger charge is 2.25. The summed E-state index contributed by atoms with van der Waals surface area (Å²) in [6.07, 6.45) is 2.53. The first kappa shape index (κ1) is 15.8. The molecule has 0 spiro atoms. The van der Waals surface area contributed by atoms with Gasteiger partial charge in [-0.05, 0) is 50.0 Å². The lowest BCUT2D eigenvalue weighted by Gasteiger charge is -2.32. The lowest BCUT2D eigenvalue weighted by molar-refractivity contribution is 0.152. The maximum Gasteiger partial charge on any atom is 0.0649 e. The van der Waals surface area contributed by atoms with Crippen molar-refractivity contribution in [2.45, 2.75) is 35.3 Å². The predicted molar refractivity (Wildman–Crippen MR) is 93.6 cm³/mol. The summed E-state index contributed by atoms with van der Waals surface area (Å²) in [5, 5.41) is 6.79. The number of piperazine rings is 1. The number of nitrogens with one attached hydrogen (secondary N) is 1. The van der Waals surface area contributed by atoms with Crippen molar-refractivity contribution in [1.29, 1.82) is 0 Å². The van der Waals surface area contributed by atoms with Crippen LogP contribution in [-0.4, -0.2) is 61.4 Å². The molecule has 2 aliphatic rings. The van der Waals surface area contributed by atoms with E-state index >= 15 is 0 Å². The first-order valence-corrected chi connectivity index (χ1v) is 9.86. The van der Waals surface area contributed by atoms with Crippen LogP contribution in [0.2, 0.25) is 0 Å². The monoisotopic (exact) mass is 325 g/mol. The topological polar surface area (TPSA) is 18.5 Å². The number of nitrogens with zero attached hydrogens (tertiary/aromatic N) is 2. The molecule has 0 aromatic carbocycles. The van der Waals surface area contributed by atoms with Crippen LogP contribution < -0.4 is 5.32 Å². The Bertz CT molecular complexity index is 440. The maximum absolute atomic E-state index is 3.80. The second-order valence-electron chi connectivity index (χ2n) is 6.33. The Morgan fingerprint density at radius 3 is 2.90 bits per heavy atom. The van der Waals surface area contributed by atoms with E-state index in [9.17, 15) is 0 Å². The number of rotatable bonds is 5. The zero-order valence-electron chi connectivity index (χ0n) is 13.2. The summed E-state index contributed by atoms with van der Waals surface area (Å²) in [6.45, 7) is 9.67. The normalized spacial score (nSPS) is 27.7. The van der Waals surface area contributed by atoms with Crippen molar-refractivity contribution < 1.29 is 0 Å². The van der Waals surface area contributed by atoms with Gasteiger partial charge in [0.05, 0.1) is 4.21 Å². The summed E-state index contributed by atoms with van der Waals surface area (Å²) in [5.74, 6) is 0. The molecule has 0 saturated carbocycles. The second kappa shape index (κ2) is 7.47. The molecular weight excluding hydrogens is 298 g/mol. The lowest BCUT2D eigenvalue weighted by atomic mass is 10.0. The Balaban J connectivity index is 1.40. The van der Waals surface area contributed by atoms with Crippen LogP contribution in [0.15, 0.2) is 15.7 Å². The molecule has 2 atom stereocenters. The van der Waals surface area contributed by atoms with E-state index in [0.29, 0.717) is 6.04 Å². The molecule has 5 heteroatoms. The van der Waals surface area contributed by atoms with E-state index < -0.39 is 0 Å². The molecule has 2 aliphatic heterocycles. The van der Waals surface area contributed by atoms with Gasteiger partial charge >= 0.3 is 0 Å². The number of fused-ring (bicyclic) bond motifs is 1. The predicted octanol–water partition coefficient (Wildman–Crippen LogP) is 2.90. The zero-order chi connectivity index (χ0) is 14.7. The van der Waals surface area contributed by atoms with E-state index in [0.717, 1.165) is 11.8 Å². The quantitative estimate of drug-likeness (QED) is 0.839. The van der Waals surface area contributed by atoms with Crippen LogP contribution in [0.4, 0.5) is 0 Å². The molecule has 1 unspecified atom stereocenters. The molecule has 3 rings (SSSR count). The molecule has 0 aliphatic carbocycles. The fourth-order valence-electron chi connectivity index (χ4n) is 3.19. The fourth-order valence-corrected chi connectivity index (χ4v) is 5.76. The molecule has 1 aromatic heterocycles. The van der Waals surface area contributed by atoms with Gasteiger partial charge in [-0.1, -0.05) is 6.92 Å². The van der Waals surface area contributed by atoms with Crippen molar-refractivity contribution >= 4 is 23.1 Å². The van der Waals surface area contributed by atoms with Gasteiger partial charge < -0.3 is 15.1 Å². The van der Waals surface area contributed by atoms with E-state index in [1.807, 2.05) is 11.3 Å². The minimum absolute atomic E-state index is 0.579. The third kappa shape index (κ3) is 4.23. The summed E-state index contributed by atoms with van der Waals surface area (Å²) in [4.78, 5) is 5.03. The molecular formula is C16H27N3S2. The zero-order valence-corrected chi connectivity index (χ0v) is 14.8. The molecule has 1 N–H and O–H groups in total. The molecule has 1 saturated heterocycles. The fraction of sp³-hybridized carbons (Fsp3) is 0.750. The van der Waals surface area contributed by atoms with Gasteiger partial charge in [0, 0.05) is 37.5 Å². The third-order valence-corrected chi connectivity index (χ3v) is 6.89. The van der Waals surface area contributed by atoms with E-state index in [-0.39, 0.29) is 0 Å². The molecule has 1 fully saturated rings. The standard InChI is InChI=1S/C16H27N3S2/c1-13-12-15(14-4-11-20-16(14)21-13)17-5-3-6-19-9-7-18(2)8-10-19/h4,11,13,15,17H,3,5-10,12H2,1-2H3/t13-,15?/m0/s1. The Morgan fingerprint density at radius 1 is 1.29 bits per heavy atom. The van der Waals surface area contributed by atoms with Gasteiger partial charge in [-0.3, -0.25) is 0 Å². The van der Waals surface area contributed by atoms with Crippen LogP contribution in [0.3, 0.4) is 0 Å². The summed E-state index contributed by atoms with van der Waals surface area (Å²) in [6, 6.07) is 2.90. The second-order valence-corrected chi connectivity index (χ2v) is 8.96. The van der Waals surface area contributed by atoms with Crippen molar-refractivity contribution in [3.63, 3.8) is 0 Å². The SMILES string of the molecule is C[C@H]1CC(NCCCN2CCN(C)CC2)c2ccsc2S1. The minimum Gasteiger partial charge on any atom is -0.310 e. The summed E-state index contributed by atoms with van der Waals surface area (Å²) in [5.41, 5.74) is 1.54. The molecule has 0 radical (unpaired) electrons. The van der Waals surface area contributed by atoms with Gasteiger partial charge in [-0.2, -0.15) is 0 Å². The van der Waals surface area contributed by atoms with Gasteiger partial charge in [0.15, 0.2) is 0 Å². The molecule has 1 aromatic rings. The Hall–Kier alpha value is -0.0700. The molecule has 21 heavy (non-hydrogen) atoms. The van der Waals surface area contributed by atoms with Crippen molar-refractivity contribution in [2.24, 2.45) is 0 Å². The first-order chi connectivity index (χ1) is 10.2. The summed E-state index contributed by atoms with van der Waals surface area (Å²) >= 11 is 3.96. The van der Waals surface area contributed by atoms with Gasteiger partial charge in [-0.15, -0.1) is 23.1 Å². The number of likely N-dealkylation sites (N-methyl/N-ethyl adjacent to an activating group) is 1. The smallest absolute Gasteiger partial charge is 0.0649 e. The number of hydrogen-bond acceptors (Lipinski definition) is 5. The van der Waals surface area contributed by atoms with E-state index in [1.165, 1.54) is 49.8 Å². The lowest BCUT2D eigenvalue weighted by Crippen LogP contribution is -2.45. The average Bonchev–Trinajstić information content (AvgIpc) is 2.93. The van der Waals surface area contributed by atoms with Gasteiger partial charge in [0.2, 0.25) is 0 Å². The van der Waals surface area contributed by atoms with Crippen LogP contribution >= 0.6 is 23.1 Å². The van der Waals surface area contributed by atoms with E-state index in [4.69, 9.17) is 0 Å². The largest absolute Gasteiger partial charge is 0.310 e. The molecule has 118 valence electrons. The van der Waals surface area contributed by atoms with Crippen LogP contribution in [0.1, 0.15) is 31.4 Å². The number of thiophene rings is 1. The summed E-state index contributed by atoms with van der Waals surface area (Å²) < 4.78 is 1.53. The minimum atomic E-state index is 0.579. The van der Waals surface area contributed by atoms with Crippen LogP contribution in [0.25, 0.3) is 0 Å². The van der Waals surface area contributed by atoms with Crippen molar-refractivity contribution in [1.82, 2.24) is 15.1 Å². The molecule has 3 nitrogen and oxygen atoms in total. The van der Waals surface area contributed by atoms with Crippen LogP contribution in [0, 0.1) is 0 Å². The van der Waals surface area contributed by atoms with Crippen LogP contribution in [-0.2, 0) is 0 Å². The highest BCUT2D eigenvalue weighted by molar-refractivity contribution is 8.01. The van der Waals surface area contributed by atoms with Gasteiger partial charge in [0.25, 0.3) is 0 Å². The van der Waals surface area contributed by atoms with Crippen LogP contribution in [0.5, 0.6) is 0 Å². The van der Waals surface area contributed by atoms with Crippen molar-refractivity contribution in [3.8, 4) is 0 Å². The highest BCUT2D eigenvalue weighted by atomic mass is 32.2. The third-order valence-electron chi connectivity index (χ3n) is 4.55. The number of thioether (sulfide) groups is 1. The molecule has 0 bridgehead atoms.